The van der Waals surface area contributed by atoms with Gasteiger partial charge in [-0.2, -0.15) is 13.2 Å². The summed E-state index contributed by atoms with van der Waals surface area (Å²) in [5, 5.41) is 8.76. The average molecular weight is 486 g/mol. The highest BCUT2D eigenvalue weighted by Crippen LogP contribution is 2.42. The second-order valence-electron chi connectivity index (χ2n) is 8.38. The summed E-state index contributed by atoms with van der Waals surface area (Å²) in [7, 11) is 3.03. The molecule has 0 saturated carbocycles. The predicted octanol–water partition coefficient (Wildman–Crippen LogP) is 4.32. The Morgan fingerprint density at radius 3 is 2.31 bits per heavy atom. The summed E-state index contributed by atoms with van der Waals surface area (Å²) in [6.07, 6.45) is -2.43. The fourth-order valence-corrected chi connectivity index (χ4v) is 4.41. The van der Waals surface area contributed by atoms with E-state index in [2.05, 4.69) is 20.9 Å². The van der Waals surface area contributed by atoms with Crippen molar-refractivity contribution in [1.29, 1.82) is 0 Å². The molecule has 0 aliphatic carbocycles. The van der Waals surface area contributed by atoms with Gasteiger partial charge < -0.3 is 20.9 Å². The molecule has 0 spiro atoms. The Hall–Kier alpha value is -3.82. The van der Waals surface area contributed by atoms with Crippen molar-refractivity contribution >= 4 is 39.8 Å². The number of nitrogens with zero attached hydrogens (tertiary/aromatic N) is 2. The van der Waals surface area contributed by atoms with Gasteiger partial charge in [0, 0.05) is 56.1 Å². The lowest BCUT2D eigenvalue weighted by atomic mass is 9.94. The molecule has 3 aromatic rings. The van der Waals surface area contributed by atoms with Crippen LogP contribution in [0.15, 0.2) is 48.7 Å². The number of hydrogen-bond acceptors (Lipinski definition) is 5. The summed E-state index contributed by atoms with van der Waals surface area (Å²) in [5.74, 6) is -0.749. The van der Waals surface area contributed by atoms with E-state index in [1.807, 2.05) is 18.2 Å². The molecule has 0 radical (unpaired) electrons. The lowest BCUT2D eigenvalue weighted by Gasteiger charge is -2.34. The number of alkyl halides is 3. The third-order valence-corrected chi connectivity index (χ3v) is 6.26. The molecule has 1 saturated heterocycles. The van der Waals surface area contributed by atoms with Crippen molar-refractivity contribution in [1.82, 2.24) is 15.6 Å². The number of rotatable bonds is 5. The van der Waals surface area contributed by atoms with Gasteiger partial charge in [-0.15, -0.1) is 0 Å². The molecule has 4 rings (SSSR count). The van der Waals surface area contributed by atoms with E-state index < -0.39 is 17.6 Å². The fraction of sp³-hybridized carbons (Fsp3) is 0.320. The number of fused-ring (bicyclic) bond motifs is 1. The van der Waals surface area contributed by atoms with E-state index in [1.54, 1.807) is 24.1 Å². The number of amides is 2. The Balaban J connectivity index is 1.86. The first-order valence-electron chi connectivity index (χ1n) is 11.3. The van der Waals surface area contributed by atoms with Gasteiger partial charge in [0.1, 0.15) is 0 Å². The number of pyridine rings is 1. The zero-order chi connectivity index (χ0) is 25.2. The monoisotopic (exact) mass is 485 g/mol. The van der Waals surface area contributed by atoms with Gasteiger partial charge in [-0.1, -0.05) is 18.2 Å². The van der Waals surface area contributed by atoms with Crippen LogP contribution in [0, 0.1) is 5.92 Å². The van der Waals surface area contributed by atoms with Crippen LogP contribution in [-0.2, 0) is 11.0 Å². The molecule has 3 N–H and O–H groups in total. The molecule has 2 amide bonds. The van der Waals surface area contributed by atoms with Crippen LogP contribution < -0.4 is 20.9 Å². The van der Waals surface area contributed by atoms with Crippen LogP contribution in [0.3, 0.4) is 0 Å². The molecule has 1 aliphatic heterocycles. The number of carbonyl (C=O) groups is 2. The summed E-state index contributed by atoms with van der Waals surface area (Å²) in [6, 6.07) is 11.5. The minimum Gasteiger partial charge on any atom is -0.371 e. The maximum absolute atomic E-state index is 14.1. The highest BCUT2D eigenvalue weighted by Gasteiger charge is 2.37. The topological polar surface area (TPSA) is 86.4 Å². The Morgan fingerprint density at radius 2 is 1.71 bits per heavy atom. The van der Waals surface area contributed by atoms with Crippen LogP contribution in [0.2, 0.25) is 0 Å². The first-order valence-corrected chi connectivity index (χ1v) is 11.3. The summed E-state index contributed by atoms with van der Waals surface area (Å²) in [4.78, 5) is 30.4. The number of anilines is 3. The summed E-state index contributed by atoms with van der Waals surface area (Å²) in [5.41, 5.74) is 0.593. The van der Waals surface area contributed by atoms with E-state index in [1.165, 1.54) is 19.3 Å². The summed E-state index contributed by atoms with van der Waals surface area (Å²) >= 11 is 0. The smallest absolute Gasteiger partial charge is 0.371 e. The van der Waals surface area contributed by atoms with Gasteiger partial charge in [0.05, 0.1) is 22.3 Å². The lowest BCUT2D eigenvalue weighted by molar-refractivity contribution is -0.137. The number of halogens is 3. The highest BCUT2D eigenvalue weighted by molar-refractivity contribution is 6.08. The molecule has 35 heavy (non-hydrogen) atoms. The van der Waals surface area contributed by atoms with Gasteiger partial charge in [0.25, 0.3) is 5.91 Å². The molecule has 10 heteroatoms. The van der Waals surface area contributed by atoms with E-state index in [0.29, 0.717) is 42.7 Å². The predicted molar refractivity (Wildman–Crippen MR) is 129 cm³/mol. The van der Waals surface area contributed by atoms with Gasteiger partial charge in [0.2, 0.25) is 5.91 Å². The maximum atomic E-state index is 14.1. The standard InChI is InChI=1S/C25H26F3N5O2/c1-29-23(34)15-8-10-33(11-9-15)21-12-17-20(13-19(21)25(26,27)28)31-14-18(24(35)30-2)22(17)32-16-6-4-3-5-7-16/h3-7,12-15H,8-11H2,1-2H3,(H,29,34)(H,30,35)(H,31,32). The van der Waals surface area contributed by atoms with Gasteiger partial charge in [-0.3, -0.25) is 14.6 Å². The molecule has 1 fully saturated rings. The quantitative estimate of drug-likeness (QED) is 0.501. The summed E-state index contributed by atoms with van der Waals surface area (Å²) < 4.78 is 42.3. The number of aromatic nitrogens is 1. The molecule has 0 unspecified atom stereocenters. The second-order valence-corrected chi connectivity index (χ2v) is 8.38. The van der Waals surface area contributed by atoms with Crippen molar-refractivity contribution in [3.63, 3.8) is 0 Å². The van der Waals surface area contributed by atoms with Crippen molar-refractivity contribution < 1.29 is 22.8 Å². The molecule has 0 atom stereocenters. The van der Waals surface area contributed by atoms with Crippen molar-refractivity contribution in [2.75, 3.05) is 37.4 Å². The Bertz CT molecular complexity index is 1240. The zero-order valence-electron chi connectivity index (χ0n) is 19.4. The van der Waals surface area contributed by atoms with Crippen molar-refractivity contribution in [3.05, 3.63) is 59.8 Å². The zero-order valence-corrected chi connectivity index (χ0v) is 19.4. The van der Waals surface area contributed by atoms with E-state index in [-0.39, 0.29) is 28.6 Å². The lowest BCUT2D eigenvalue weighted by Crippen LogP contribution is -2.40. The largest absolute Gasteiger partial charge is 0.418 e. The number of carbonyl (C=O) groups excluding carboxylic acids is 2. The minimum atomic E-state index is -4.60. The molecule has 184 valence electrons. The highest BCUT2D eigenvalue weighted by atomic mass is 19.4. The second kappa shape index (κ2) is 9.81. The number of piperidine rings is 1. The van der Waals surface area contributed by atoms with E-state index in [4.69, 9.17) is 0 Å². The molecule has 7 nitrogen and oxygen atoms in total. The fourth-order valence-electron chi connectivity index (χ4n) is 4.41. The number of para-hydroxylation sites is 1. The van der Waals surface area contributed by atoms with Crippen LogP contribution in [0.5, 0.6) is 0 Å². The van der Waals surface area contributed by atoms with Gasteiger partial charge >= 0.3 is 6.18 Å². The molecule has 2 heterocycles. The van der Waals surface area contributed by atoms with Crippen LogP contribution in [0.25, 0.3) is 10.9 Å². The molecule has 1 aliphatic rings. The first kappa shape index (κ1) is 24.3. The summed E-state index contributed by atoms with van der Waals surface area (Å²) in [6.45, 7) is 0.605. The van der Waals surface area contributed by atoms with E-state index in [9.17, 15) is 22.8 Å². The Labute approximate surface area is 200 Å². The third kappa shape index (κ3) is 5.01. The average Bonchev–Trinajstić information content (AvgIpc) is 2.87. The van der Waals surface area contributed by atoms with Gasteiger partial charge in [0.15, 0.2) is 0 Å². The SMILES string of the molecule is CNC(=O)c1cnc2cc(C(F)(F)F)c(N3CCC(C(=O)NC)CC3)cc2c1Nc1ccccc1. The van der Waals surface area contributed by atoms with Crippen LogP contribution >= 0.6 is 0 Å². The number of benzene rings is 2. The Kier molecular flexibility index (Phi) is 6.81. The van der Waals surface area contributed by atoms with Crippen LogP contribution in [0.4, 0.5) is 30.2 Å². The maximum Gasteiger partial charge on any atom is 0.418 e. The Morgan fingerprint density at radius 1 is 1.03 bits per heavy atom. The minimum absolute atomic E-state index is 0.00678. The normalized spacial score (nSPS) is 14.6. The first-order chi connectivity index (χ1) is 16.7. The third-order valence-electron chi connectivity index (χ3n) is 6.26. The van der Waals surface area contributed by atoms with Gasteiger partial charge in [-0.25, -0.2) is 0 Å². The molecular formula is C25H26F3N5O2. The van der Waals surface area contributed by atoms with Crippen molar-refractivity contribution in [2.24, 2.45) is 5.92 Å². The molecule has 0 bridgehead atoms. The molecule has 2 aromatic carbocycles. The van der Waals surface area contributed by atoms with Crippen LogP contribution in [-0.4, -0.2) is 44.0 Å². The van der Waals surface area contributed by atoms with Crippen LogP contribution in [0.1, 0.15) is 28.8 Å². The number of hydrogen-bond donors (Lipinski definition) is 3. The van der Waals surface area contributed by atoms with E-state index in [0.717, 1.165) is 6.07 Å². The van der Waals surface area contributed by atoms with Crippen molar-refractivity contribution in [2.45, 2.75) is 19.0 Å². The molecule has 1 aromatic heterocycles. The van der Waals surface area contributed by atoms with Gasteiger partial charge in [-0.05, 0) is 37.1 Å². The molecular weight excluding hydrogens is 459 g/mol. The van der Waals surface area contributed by atoms with Crippen molar-refractivity contribution in [3.8, 4) is 0 Å². The number of nitrogens with one attached hydrogen (secondary N) is 3. The van der Waals surface area contributed by atoms with E-state index >= 15 is 0 Å².